The highest BCUT2D eigenvalue weighted by atomic mass is 16.5. The number of amides is 1. The average molecular weight is 230 g/mol. The lowest BCUT2D eigenvalue weighted by atomic mass is 9.84. The second-order valence-corrected chi connectivity index (χ2v) is 5.05. The Kier molecular flexibility index (Phi) is 4.29. The van der Waals surface area contributed by atoms with Crippen LogP contribution in [-0.2, 0) is 9.53 Å². The van der Waals surface area contributed by atoms with Crippen LogP contribution in [0.15, 0.2) is 0 Å². The minimum Gasteiger partial charge on any atom is -0.394 e. The highest BCUT2D eigenvalue weighted by Crippen LogP contribution is 2.27. The number of hydrogen-bond acceptors (Lipinski definition) is 4. The van der Waals surface area contributed by atoms with Crippen molar-refractivity contribution in [2.75, 3.05) is 19.8 Å². The third-order valence-electron chi connectivity index (χ3n) is 3.35. The molecule has 0 aliphatic carbocycles. The molecule has 2 unspecified atom stereocenters. The molecule has 5 nitrogen and oxygen atoms in total. The Morgan fingerprint density at radius 3 is 2.69 bits per heavy atom. The first-order chi connectivity index (χ1) is 7.41. The first-order valence-corrected chi connectivity index (χ1v) is 5.67. The minimum atomic E-state index is -0.678. The SMILES string of the molecule is CC(C)[C@@H](CO)NC(=O)C1(C)COCC1N. The molecule has 1 fully saturated rings. The average Bonchev–Trinajstić information content (AvgIpc) is 2.56. The molecule has 16 heavy (non-hydrogen) atoms. The minimum absolute atomic E-state index is 0.0599. The van der Waals surface area contributed by atoms with Crippen LogP contribution in [-0.4, -0.2) is 42.9 Å². The summed E-state index contributed by atoms with van der Waals surface area (Å²) in [6.45, 7) is 6.40. The lowest BCUT2D eigenvalue weighted by Crippen LogP contribution is -2.54. The summed E-state index contributed by atoms with van der Waals surface area (Å²) in [6.07, 6.45) is 0. The van der Waals surface area contributed by atoms with Crippen LogP contribution in [0, 0.1) is 11.3 Å². The van der Waals surface area contributed by atoms with Gasteiger partial charge in [0.25, 0.3) is 0 Å². The molecule has 0 saturated carbocycles. The van der Waals surface area contributed by atoms with Gasteiger partial charge < -0.3 is 20.9 Å². The Bertz CT molecular complexity index is 258. The van der Waals surface area contributed by atoms with Gasteiger partial charge in [-0.1, -0.05) is 13.8 Å². The van der Waals surface area contributed by atoms with Crippen molar-refractivity contribution >= 4 is 5.91 Å². The molecule has 1 saturated heterocycles. The van der Waals surface area contributed by atoms with Gasteiger partial charge in [-0.25, -0.2) is 0 Å². The summed E-state index contributed by atoms with van der Waals surface area (Å²) in [7, 11) is 0. The third kappa shape index (κ3) is 2.53. The lowest BCUT2D eigenvalue weighted by Gasteiger charge is -2.29. The highest BCUT2D eigenvalue weighted by Gasteiger charge is 2.44. The van der Waals surface area contributed by atoms with Gasteiger partial charge in [0, 0.05) is 6.04 Å². The van der Waals surface area contributed by atoms with E-state index in [0.29, 0.717) is 13.2 Å². The molecular formula is C11H22N2O3. The number of aliphatic hydroxyl groups is 1. The maximum absolute atomic E-state index is 12.1. The molecule has 0 aromatic heterocycles. The predicted octanol–water partition coefficient (Wildman–Crippen LogP) is -0.517. The molecule has 3 atom stereocenters. The van der Waals surface area contributed by atoms with Gasteiger partial charge in [0.2, 0.25) is 5.91 Å². The zero-order valence-corrected chi connectivity index (χ0v) is 10.2. The fourth-order valence-electron chi connectivity index (χ4n) is 1.68. The Morgan fingerprint density at radius 2 is 2.31 bits per heavy atom. The predicted molar refractivity (Wildman–Crippen MR) is 60.8 cm³/mol. The second kappa shape index (κ2) is 5.12. The fraction of sp³-hybridized carbons (Fsp3) is 0.909. The smallest absolute Gasteiger partial charge is 0.230 e. The van der Waals surface area contributed by atoms with Gasteiger partial charge in [-0.2, -0.15) is 0 Å². The number of nitrogens with two attached hydrogens (primary N) is 1. The maximum Gasteiger partial charge on any atom is 0.230 e. The largest absolute Gasteiger partial charge is 0.394 e. The summed E-state index contributed by atoms with van der Waals surface area (Å²) in [5.74, 6) is 0.0568. The topological polar surface area (TPSA) is 84.6 Å². The van der Waals surface area contributed by atoms with Gasteiger partial charge in [0.1, 0.15) is 0 Å². The zero-order chi connectivity index (χ0) is 12.3. The van der Waals surface area contributed by atoms with Gasteiger partial charge in [-0.05, 0) is 12.8 Å². The van der Waals surface area contributed by atoms with E-state index in [1.165, 1.54) is 0 Å². The van der Waals surface area contributed by atoms with Gasteiger partial charge in [0.15, 0.2) is 0 Å². The van der Waals surface area contributed by atoms with Gasteiger partial charge in [0.05, 0.1) is 31.3 Å². The molecule has 5 heteroatoms. The van der Waals surface area contributed by atoms with E-state index in [-0.39, 0.29) is 30.5 Å². The van der Waals surface area contributed by atoms with Crippen LogP contribution in [0.4, 0.5) is 0 Å². The number of carbonyl (C=O) groups excluding carboxylic acids is 1. The summed E-state index contributed by atoms with van der Waals surface area (Å²) in [5.41, 5.74) is 5.18. The van der Waals surface area contributed by atoms with E-state index in [2.05, 4.69) is 5.32 Å². The molecule has 0 aromatic carbocycles. The van der Waals surface area contributed by atoms with Crippen LogP contribution in [0.2, 0.25) is 0 Å². The molecule has 0 spiro atoms. The van der Waals surface area contributed by atoms with Crippen molar-refractivity contribution in [3.63, 3.8) is 0 Å². The number of carbonyl (C=O) groups is 1. The first kappa shape index (κ1) is 13.4. The van der Waals surface area contributed by atoms with E-state index < -0.39 is 5.41 Å². The lowest BCUT2D eigenvalue weighted by molar-refractivity contribution is -0.132. The van der Waals surface area contributed by atoms with E-state index in [1.807, 2.05) is 13.8 Å². The zero-order valence-electron chi connectivity index (χ0n) is 10.2. The normalized spacial score (nSPS) is 31.8. The van der Waals surface area contributed by atoms with Crippen molar-refractivity contribution in [3.05, 3.63) is 0 Å². The maximum atomic E-state index is 12.1. The van der Waals surface area contributed by atoms with Crippen LogP contribution in [0.5, 0.6) is 0 Å². The number of rotatable bonds is 4. The Labute approximate surface area is 96.3 Å². The van der Waals surface area contributed by atoms with Gasteiger partial charge in [-0.15, -0.1) is 0 Å². The van der Waals surface area contributed by atoms with Crippen LogP contribution < -0.4 is 11.1 Å². The summed E-state index contributed by atoms with van der Waals surface area (Å²) in [5, 5.41) is 12.0. The van der Waals surface area contributed by atoms with E-state index >= 15 is 0 Å². The molecule has 1 amide bonds. The van der Waals surface area contributed by atoms with E-state index in [4.69, 9.17) is 15.6 Å². The Hall–Kier alpha value is -0.650. The van der Waals surface area contributed by atoms with Gasteiger partial charge >= 0.3 is 0 Å². The highest BCUT2D eigenvalue weighted by molar-refractivity contribution is 5.83. The van der Waals surface area contributed by atoms with Crippen molar-refractivity contribution in [2.45, 2.75) is 32.9 Å². The molecule has 94 valence electrons. The monoisotopic (exact) mass is 230 g/mol. The van der Waals surface area contributed by atoms with Crippen LogP contribution in [0.25, 0.3) is 0 Å². The quantitative estimate of drug-likeness (QED) is 0.607. The molecule has 1 heterocycles. The van der Waals surface area contributed by atoms with Gasteiger partial charge in [-0.3, -0.25) is 4.79 Å². The molecule has 4 N–H and O–H groups in total. The second-order valence-electron chi connectivity index (χ2n) is 5.05. The molecule has 0 bridgehead atoms. The van der Waals surface area contributed by atoms with Crippen molar-refractivity contribution in [1.82, 2.24) is 5.32 Å². The van der Waals surface area contributed by atoms with Crippen molar-refractivity contribution in [3.8, 4) is 0 Å². The summed E-state index contributed by atoms with van der Waals surface area (Å²) < 4.78 is 5.22. The van der Waals surface area contributed by atoms with Crippen molar-refractivity contribution in [2.24, 2.45) is 17.1 Å². The van der Waals surface area contributed by atoms with E-state index in [1.54, 1.807) is 6.92 Å². The van der Waals surface area contributed by atoms with E-state index in [0.717, 1.165) is 0 Å². The summed E-state index contributed by atoms with van der Waals surface area (Å²) in [4.78, 5) is 12.1. The summed E-state index contributed by atoms with van der Waals surface area (Å²) in [6, 6.07) is -0.504. The summed E-state index contributed by atoms with van der Waals surface area (Å²) >= 11 is 0. The molecule has 1 aliphatic heterocycles. The van der Waals surface area contributed by atoms with Crippen LogP contribution in [0.3, 0.4) is 0 Å². The Morgan fingerprint density at radius 1 is 1.69 bits per heavy atom. The molecule has 0 aromatic rings. The van der Waals surface area contributed by atoms with Crippen LogP contribution in [0.1, 0.15) is 20.8 Å². The Balaban J connectivity index is 2.64. The molecule has 1 aliphatic rings. The van der Waals surface area contributed by atoms with Crippen molar-refractivity contribution < 1.29 is 14.6 Å². The number of ether oxygens (including phenoxy) is 1. The number of aliphatic hydroxyl groups excluding tert-OH is 1. The third-order valence-corrected chi connectivity index (χ3v) is 3.35. The van der Waals surface area contributed by atoms with E-state index in [9.17, 15) is 4.79 Å². The fourth-order valence-corrected chi connectivity index (χ4v) is 1.68. The number of nitrogens with one attached hydrogen (secondary N) is 1. The standard InChI is InChI=1S/C11H22N2O3/c1-7(2)8(4-14)13-10(15)11(3)6-16-5-9(11)12/h7-9,14H,4-6,12H2,1-3H3,(H,13,15)/t8-,9?,11?/m1/s1. The molecule has 1 rings (SSSR count). The van der Waals surface area contributed by atoms with Crippen molar-refractivity contribution in [1.29, 1.82) is 0 Å². The molecular weight excluding hydrogens is 208 g/mol. The first-order valence-electron chi connectivity index (χ1n) is 5.67. The number of hydrogen-bond donors (Lipinski definition) is 3. The molecule has 0 radical (unpaired) electrons. The van der Waals surface area contributed by atoms with Crippen LogP contribution >= 0.6 is 0 Å².